The van der Waals surface area contributed by atoms with Crippen LogP contribution in [0.15, 0.2) is 0 Å². The molecule has 0 heterocycles. The SMILES string of the molecule is [Au].[C-]#N.[C-]#N.[Co+2]. The van der Waals surface area contributed by atoms with E-state index in [0.29, 0.717) is 0 Å². The average molecular weight is 308 g/mol. The molecule has 0 N–H and O–H groups in total. The molecule has 0 aliphatic carbocycles. The molecule has 2 radical (unpaired) electrons. The Bertz CT molecular complexity index is 27.0. The first kappa shape index (κ1) is 34.3. The maximum Gasteiger partial charge on any atom is 2.00 e. The van der Waals surface area contributed by atoms with Crippen molar-refractivity contribution in [3.8, 4) is 0 Å². The summed E-state index contributed by atoms with van der Waals surface area (Å²) in [6.45, 7) is 9.50. The van der Waals surface area contributed by atoms with E-state index in [1.165, 1.54) is 0 Å². The van der Waals surface area contributed by atoms with Crippen LogP contribution in [0.5, 0.6) is 0 Å². The zero-order valence-corrected chi connectivity index (χ0v) is 5.74. The topological polar surface area (TPSA) is 47.6 Å². The average Bonchev–Trinajstić information content (AvgIpc) is 1.50. The van der Waals surface area contributed by atoms with E-state index < -0.39 is 0 Å². The molecule has 0 atom stereocenters. The first-order chi connectivity index (χ1) is 2.00. The second-order valence-corrected chi connectivity index (χ2v) is 0. The fourth-order valence-electron chi connectivity index (χ4n) is 0. The summed E-state index contributed by atoms with van der Waals surface area (Å²) in [5.74, 6) is 0. The number of nitrogens with zero attached hydrogens (tertiary/aromatic N) is 2. The molecule has 0 rings (SSSR count). The number of hydrogen-bond acceptors (Lipinski definition) is 2. The van der Waals surface area contributed by atoms with Gasteiger partial charge in [-0.1, -0.05) is 0 Å². The van der Waals surface area contributed by atoms with Crippen molar-refractivity contribution in [2.75, 3.05) is 0 Å². The van der Waals surface area contributed by atoms with Crippen LogP contribution in [0.25, 0.3) is 0 Å². The van der Waals surface area contributed by atoms with E-state index in [1.54, 1.807) is 0 Å². The van der Waals surface area contributed by atoms with Crippen molar-refractivity contribution in [3.05, 3.63) is 13.1 Å². The Morgan fingerprint density at radius 1 is 0.833 bits per heavy atom. The molecule has 0 amide bonds. The third-order valence-electron chi connectivity index (χ3n) is 0. The standard InChI is InChI=1S/2CN.Au.Co/c2*1-2;;/q2*-1;;+2. The van der Waals surface area contributed by atoms with Gasteiger partial charge in [0.15, 0.2) is 0 Å². The molecule has 0 saturated heterocycles. The van der Waals surface area contributed by atoms with E-state index in [0.717, 1.165) is 0 Å². The van der Waals surface area contributed by atoms with Crippen LogP contribution in [0.3, 0.4) is 0 Å². The predicted molar refractivity (Wildman–Crippen MR) is 9.94 cm³/mol. The summed E-state index contributed by atoms with van der Waals surface area (Å²) in [6, 6.07) is 0. The monoisotopic (exact) mass is 308 g/mol. The van der Waals surface area contributed by atoms with Crippen LogP contribution in [-0.4, -0.2) is 0 Å². The van der Waals surface area contributed by atoms with Gasteiger partial charge in [-0.25, -0.2) is 0 Å². The summed E-state index contributed by atoms with van der Waals surface area (Å²) < 4.78 is 0. The second-order valence-electron chi connectivity index (χ2n) is 0. The molecule has 0 unspecified atom stereocenters. The molecule has 0 aromatic rings. The first-order valence-electron chi connectivity index (χ1n) is 0.447. The maximum absolute atomic E-state index is 6.25. The Balaban J connectivity index is -0.00000000500. The summed E-state index contributed by atoms with van der Waals surface area (Å²) in [5.41, 5.74) is 0. The van der Waals surface area contributed by atoms with Crippen molar-refractivity contribution in [1.29, 1.82) is 10.5 Å². The molecule has 0 bridgehead atoms. The zero-order chi connectivity index (χ0) is 4.00. The molecule has 0 aromatic heterocycles. The van der Waals surface area contributed by atoms with Gasteiger partial charge in [-0.3, -0.25) is 0 Å². The minimum atomic E-state index is 0. The van der Waals surface area contributed by atoms with Gasteiger partial charge in [0.2, 0.25) is 0 Å². The van der Waals surface area contributed by atoms with Crippen molar-refractivity contribution in [2.24, 2.45) is 0 Å². The molecule has 6 heavy (non-hydrogen) atoms. The smallest absolute Gasteiger partial charge is 0.512 e. The van der Waals surface area contributed by atoms with Crippen LogP contribution < -0.4 is 0 Å². The Labute approximate surface area is 62.8 Å². The molecular weight excluding hydrogens is 308 g/mol. The van der Waals surface area contributed by atoms with E-state index >= 15 is 0 Å². The molecule has 0 aliphatic heterocycles. The molecule has 38 valence electrons. The molecule has 2 nitrogen and oxygen atoms in total. The van der Waals surface area contributed by atoms with E-state index in [4.69, 9.17) is 23.7 Å². The molecule has 4 heteroatoms. The Morgan fingerprint density at radius 2 is 0.833 bits per heavy atom. The van der Waals surface area contributed by atoms with Crippen molar-refractivity contribution in [1.82, 2.24) is 0 Å². The number of hydrogen-bond donors (Lipinski definition) is 0. The van der Waals surface area contributed by atoms with Crippen LogP contribution in [-0.2, 0) is 39.2 Å². The molecule has 0 saturated carbocycles. The van der Waals surface area contributed by atoms with Gasteiger partial charge in [0, 0.05) is 22.4 Å². The summed E-state index contributed by atoms with van der Waals surface area (Å²) in [4.78, 5) is 0. The van der Waals surface area contributed by atoms with Gasteiger partial charge in [0.1, 0.15) is 0 Å². The third-order valence-corrected chi connectivity index (χ3v) is 0. The summed E-state index contributed by atoms with van der Waals surface area (Å²) >= 11 is 0. The van der Waals surface area contributed by atoms with E-state index in [2.05, 4.69) is 0 Å². The van der Waals surface area contributed by atoms with Gasteiger partial charge in [-0.2, -0.15) is 0 Å². The van der Waals surface area contributed by atoms with Crippen LogP contribution in [0.4, 0.5) is 0 Å². The fraction of sp³-hybridized carbons (Fsp3) is 0. The van der Waals surface area contributed by atoms with E-state index in [-0.39, 0.29) is 39.2 Å². The van der Waals surface area contributed by atoms with Crippen LogP contribution in [0, 0.1) is 23.7 Å². The van der Waals surface area contributed by atoms with Crippen LogP contribution >= 0.6 is 0 Å². The fourth-order valence-corrected chi connectivity index (χ4v) is 0. The first-order valence-corrected chi connectivity index (χ1v) is 0.447. The summed E-state index contributed by atoms with van der Waals surface area (Å²) in [7, 11) is 0. The predicted octanol–water partition coefficient (Wildman–Crippen LogP) is 0.188. The molecule has 0 fully saturated rings. The maximum atomic E-state index is 6.25. The zero-order valence-electron chi connectivity index (χ0n) is 2.53. The molecular formula is C2AuCoN2. The molecule has 0 aliphatic rings. The quantitative estimate of drug-likeness (QED) is 0.474. The van der Waals surface area contributed by atoms with Crippen molar-refractivity contribution < 1.29 is 39.2 Å². The Morgan fingerprint density at radius 3 is 0.833 bits per heavy atom. The molecule has 0 spiro atoms. The van der Waals surface area contributed by atoms with Gasteiger partial charge in [-0.15, -0.1) is 0 Å². The van der Waals surface area contributed by atoms with Crippen molar-refractivity contribution in [3.63, 3.8) is 0 Å². The number of rotatable bonds is 0. The van der Waals surface area contributed by atoms with E-state index in [1.807, 2.05) is 0 Å². The third kappa shape index (κ3) is 856. The van der Waals surface area contributed by atoms with Crippen molar-refractivity contribution in [2.45, 2.75) is 0 Å². The van der Waals surface area contributed by atoms with Gasteiger partial charge in [0.05, 0.1) is 0 Å². The van der Waals surface area contributed by atoms with Gasteiger partial charge in [-0.05, 0) is 0 Å². The normalized spacial score (nSPS) is 0.667. The van der Waals surface area contributed by atoms with Gasteiger partial charge >= 0.3 is 16.8 Å². The van der Waals surface area contributed by atoms with E-state index in [9.17, 15) is 0 Å². The van der Waals surface area contributed by atoms with Crippen molar-refractivity contribution >= 4 is 0 Å². The second kappa shape index (κ2) is 1820. The van der Waals surface area contributed by atoms with Gasteiger partial charge in [0.25, 0.3) is 0 Å². The largest absolute Gasteiger partial charge is 2.00 e. The summed E-state index contributed by atoms with van der Waals surface area (Å²) in [5, 5.41) is 12.5. The van der Waals surface area contributed by atoms with Crippen LogP contribution in [0.2, 0.25) is 0 Å². The Hall–Kier alpha value is 0.227. The minimum absolute atomic E-state index is 0. The minimum Gasteiger partial charge on any atom is -0.512 e. The van der Waals surface area contributed by atoms with Gasteiger partial charge < -0.3 is 23.7 Å². The summed E-state index contributed by atoms with van der Waals surface area (Å²) in [6.07, 6.45) is 0. The molecule has 0 aromatic carbocycles. The Kier molecular flexibility index (Phi) is 10400. The van der Waals surface area contributed by atoms with Crippen LogP contribution in [0.1, 0.15) is 0 Å².